The van der Waals surface area contributed by atoms with Crippen molar-refractivity contribution in [1.29, 1.82) is 0 Å². The van der Waals surface area contributed by atoms with Crippen molar-refractivity contribution in [2.45, 2.75) is 49.5 Å². The van der Waals surface area contributed by atoms with Crippen molar-refractivity contribution < 1.29 is 18.1 Å². The number of piperazine rings is 1. The van der Waals surface area contributed by atoms with E-state index in [-0.39, 0.29) is 10.6 Å². The minimum absolute atomic E-state index is 0.231. The smallest absolute Gasteiger partial charge is 0.289 e. The summed E-state index contributed by atoms with van der Waals surface area (Å²) < 4.78 is 33.1. The summed E-state index contributed by atoms with van der Waals surface area (Å²) in [4.78, 5) is 12.5. The SMILES string of the molecule is O=[N+]([O-])c1ccccc1S(=O)(=O)N1CCN(CCOC2CCCCCC2)CC1. The molecule has 8 nitrogen and oxygen atoms in total. The average Bonchev–Trinajstić information content (AvgIpc) is 2.97. The van der Waals surface area contributed by atoms with Crippen LogP contribution in [0.4, 0.5) is 5.69 Å². The molecule has 0 bridgehead atoms. The van der Waals surface area contributed by atoms with Gasteiger partial charge < -0.3 is 4.74 Å². The molecule has 0 spiro atoms. The molecule has 0 N–H and O–H groups in total. The Kier molecular flexibility index (Phi) is 7.39. The lowest BCUT2D eigenvalue weighted by Crippen LogP contribution is -2.49. The number of rotatable bonds is 7. The van der Waals surface area contributed by atoms with Gasteiger partial charge in [0, 0.05) is 38.8 Å². The summed E-state index contributed by atoms with van der Waals surface area (Å²) in [5.74, 6) is 0. The van der Waals surface area contributed by atoms with Crippen LogP contribution < -0.4 is 0 Å². The second kappa shape index (κ2) is 9.78. The Hall–Kier alpha value is -1.55. The lowest BCUT2D eigenvalue weighted by atomic mass is 10.1. The van der Waals surface area contributed by atoms with Crippen LogP contribution in [0, 0.1) is 10.1 Å². The van der Waals surface area contributed by atoms with Crippen LogP contribution >= 0.6 is 0 Å². The molecule has 28 heavy (non-hydrogen) atoms. The van der Waals surface area contributed by atoms with Gasteiger partial charge in [-0.15, -0.1) is 0 Å². The molecule has 3 rings (SSSR count). The number of nitro benzene ring substituents is 1. The molecule has 1 aliphatic carbocycles. The summed E-state index contributed by atoms with van der Waals surface area (Å²) in [6.07, 6.45) is 7.73. The fraction of sp³-hybridized carbons (Fsp3) is 0.684. The first-order chi connectivity index (χ1) is 13.5. The molecule has 0 atom stereocenters. The number of nitro groups is 1. The molecule has 9 heteroatoms. The molecule has 0 unspecified atom stereocenters. The van der Waals surface area contributed by atoms with Crippen LogP contribution in [0.2, 0.25) is 0 Å². The van der Waals surface area contributed by atoms with Gasteiger partial charge in [-0.05, 0) is 18.9 Å². The third-order valence-corrected chi connectivity index (χ3v) is 7.52. The lowest BCUT2D eigenvalue weighted by molar-refractivity contribution is -0.387. The monoisotopic (exact) mass is 411 g/mol. The first kappa shape index (κ1) is 21.2. The van der Waals surface area contributed by atoms with Gasteiger partial charge in [0.25, 0.3) is 5.69 Å². The van der Waals surface area contributed by atoms with Gasteiger partial charge >= 0.3 is 0 Å². The number of benzene rings is 1. The number of sulfonamides is 1. The zero-order valence-corrected chi connectivity index (χ0v) is 17.0. The van der Waals surface area contributed by atoms with Crippen LogP contribution in [0.25, 0.3) is 0 Å². The van der Waals surface area contributed by atoms with Crippen LogP contribution in [-0.4, -0.2) is 68.0 Å². The predicted molar refractivity (Wildman–Crippen MR) is 106 cm³/mol. The number of para-hydroxylation sites is 1. The molecule has 2 fully saturated rings. The van der Waals surface area contributed by atoms with Gasteiger partial charge in [-0.25, -0.2) is 8.42 Å². The molecule has 1 aliphatic heterocycles. The number of hydrogen-bond donors (Lipinski definition) is 0. The van der Waals surface area contributed by atoms with E-state index in [1.54, 1.807) is 0 Å². The van der Waals surface area contributed by atoms with Gasteiger partial charge in [-0.3, -0.25) is 15.0 Å². The fourth-order valence-electron chi connectivity index (χ4n) is 3.92. The molecule has 1 aromatic rings. The third-order valence-electron chi connectivity index (χ3n) is 5.57. The van der Waals surface area contributed by atoms with Gasteiger partial charge in [0.1, 0.15) is 0 Å². The quantitative estimate of drug-likeness (QED) is 0.389. The second-order valence-corrected chi connectivity index (χ2v) is 9.36. The van der Waals surface area contributed by atoms with Gasteiger partial charge in [0.2, 0.25) is 10.0 Å². The molecule has 1 saturated carbocycles. The van der Waals surface area contributed by atoms with Gasteiger partial charge in [0.15, 0.2) is 4.90 Å². The van der Waals surface area contributed by atoms with Crippen molar-refractivity contribution in [2.24, 2.45) is 0 Å². The summed E-state index contributed by atoms with van der Waals surface area (Å²) in [6.45, 7) is 3.33. The highest BCUT2D eigenvalue weighted by Crippen LogP contribution is 2.27. The zero-order valence-electron chi connectivity index (χ0n) is 16.2. The highest BCUT2D eigenvalue weighted by atomic mass is 32.2. The normalized spacial score (nSPS) is 20.7. The van der Waals surface area contributed by atoms with E-state index < -0.39 is 14.9 Å². The highest BCUT2D eigenvalue weighted by molar-refractivity contribution is 7.89. The van der Waals surface area contributed by atoms with Crippen LogP contribution in [0.3, 0.4) is 0 Å². The molecule has 1 aromatic carbocycles. The molecule has 0 amide bonds. The van der Waals surface area contributed by atoms with Crippen molar-refractivity contribution >= 4 is 15.7 Å². The standard InChI is InChI=1S/C19H29N3O5S/c23-22(24)18-9-5-6-10-19(18)28(25,26)21-13-11-20(12-14-21)15-16-27-17-7-3-1-2-4-8-17/h5-6,9-10,17H,1-4,7-8,11-16H2. The molecule has 2 aliphatic rings. The topological polar surface area (TPSA) is 93.0 Å². The average molecular weight is 412 g/mol. The third kappa shape index (κ3) is 5.28. The van der Waals surface area contributed by atoms with E-state index in [2.05, 4.69) is 4.90 Å². The second-order valence-electron chi connectivity index (χ2n) is 7.45. The van der Waals surface area contributed by atoms with E-state index in [0.29, 0.717) is 38.9 Å². The molecule has 0 aromatic heterocycles. The summed E-state index contributed by atoms with van der Waals surface area (Å²) in [5.41, 5.74) is -0.373. The van der Waals surface area contributed by atoms with Gasteiger partial charge in [0.05, 0.1) is 17.6 Å². The molecule has 1 heterocycles. The Morgan fingerprint density at radius 3 is 2.32 bits per heavy atom. The lowest BCUT2D eigenvalue weighted by Gasteiger charge is -2.34. The van der Waals surface area contributed by atoms with Crippen molar-refractivity contribution in [3.05, 3.63) is 34.4 Å². The Morgan fingerprint density at radius 1 is 1.04 bits per heavy atom. The number of ether oxygens (including phenoxy) is 1. The van der Waals surface area contributed by atoms with Gasteiger partial charge in [-0.1, -0.05) is 37.8 Å². The van der Waals surface area contributed by atoms with E-state index in [1.807, 2.05) is 0 Å². The first-order valence-electron chi connectivity index (χ1n) is 10.1. The highest BCUT2D eigenvalue weighted by Gasteiger charge is 2.33. The zero-order chi connectivity index (χ0) is 20.0. The maximum atomic E-state index is 12.9. The van der Waals surface area contributed by atoms with Gasteiger partial charge in [-0.2, -0.15) is 4.31 Å². The van der Waals surface area contributed by atoms with Crippen molar-refractivity contribution in [3.8, 4) is 0 Å². The predicted octanol–water partition coefficient (Wildman–Crippen LogP) is 2.64. The molecule has 156 valence electrons. The number of hydrogen-bond acceptors (Lipinski definition) is 6. The Bertz CT molecular complexity index is 755. The van der Waals surface area contributed by atoms with E-state index >= 15 is 0 Å². The van der Waals surface area contributed by atoms with E-state index in [1.165, 1.54) is 54.3 Å². The Morgan fingerprint density at radius 2 is 1.68 bits per heavy atom. The summed E-state index contributed by atoms with van der Waals surface area (Å²) in [7, 11) is -3.87. The van der Waals surface area contributed by atoms with Crippen molar-refractivity contribution in [2.75, 3.05) is 39.3 Å². The van der Waals surface area contributed by atoms with E-state index in [4.69, 9.17) is 4.74 Å². The van der Waals surface area contributed by atoms with Crippen LogP contribution in [-0.2, 0) is 14.8 Å². The Labute approximate surface area is 166 Å². The number of nitrogens with zero attached hydrogens (tertiary/aromatic N) is 3. The largest absolute Gasteiger partial charge is 0.377 e. The van der Waals surface area contributed by atoms with Crippen LogP contribution in [0.15, 0.2) is 29.2 Å². The molecular formula is C19H29N3O5S. The van der Waals surface area contributed by atoms with E-state index in [0.717, 1.165) is 19.4 Å². The van der Waals surface area contributed by atoms with Crippen molar-refractivity contribution in [1.82, 2.24) is 9.21 Å². The van der Waals surface area contributed by atoms with E-state index in [9.17, 15) is 18.5 Å². The summed E-state index contributed by atoms with van der Waals surface area (Å²) >= 11 is 0. The fourth-order valence-corrected chi connectivity index (χ4v) is 5.50. The maximum Gasteiger partial charge on any atom is 0.289 e. The Balaban J connectivity index is 1.50. The first-order valence-corrected chi connectivity index (χ1v) is 11.5. The minimum Gasteiger partial charge on any atom is -0.377 e. The summed E-state index contributed by atoms with van der Waals surface area (Å²) in [5, 5.41) is 11.2. The minimum atomic E-state index is -3.87. The van der Waals surface area contributed by atoms with Crippen molar-refractivity contribution in [3.63, 3.8) is 0 Å². The van der Waals surface area contributed by atoms with Crippen LogP contribution in [0.5, 0.6) is 0 Å². The molecule has 1 saturated heterocycles. The van der Waals surface area contributed by atoms with Crippen LogP contribution in [0.1, 0.15) is 38.5 Å². The molecular weight excluding hydrogens is 382 g/mol. The molecule has 0 radical (unpaired) electrons. The summed E-state index contributed by atoms with van der Waals surface area (Å²) in [6, 6.07) is 5.53. The maximum absolute atomic E-state index is 12.9.